The average molecular weight is 1080 g/mol. The first-order valence-electron chi connectivity index (χ1n) is 29.6. The summed E-state index contributed by atoms with van der Waals surface area (Å²) in [6.07, 6.45) is 49.6. The molecule has 2 aliphatic heterocycles. The second kappa shape index (κ2) is 47.5. The number of hydrogen-bond donors (Lipinski definition) is 9. The lowest BCUT2D eigenvalue weighted by molar-refractivity contribution is -0.359. The summed E-state index contributed by atoms with van der Waals surface area (Å²) in [6, 6.07) is -0.846. The van der Waals surface area contributed by atoms with Gasteiger partial charge >= 0.3 is 0 Å². The van der Waals surface area contributed by atoms with Crippen molar-refractivity contribution in [3.8, 4) is 0 Å². The van der Waals surface area contributed by atoms with Crippen LogP contribution in [0.5, 0.6) is 0 Å². The second-order valence-corrected chi connectivity index (χ2v) is 20.4. The number of allylic oxidation sites excluding steroid dienone is 18. The fraction of sp³-hybridized carbons (Fsp3) is 0.698. The Morgan fingerprint density at radius 1 is 0.481 bits per heavy atom. The van der Waals surface area contributed by atoms with E-state index in [2.05, 4.69) is 129 Å². The van der Waals surface area contributed by atoms with Crippen LogP contribution >= 0.6 is 0 Å². The van der Waals surface area contributed by atoms with Crippen molar-refractivity contribution in [3.05, 3.63) is 109 Å². The first-order valence-corrected chi connectivity index (χ1v) is 29.6. The molecule has 14 nitrogen and oxygen atoms in total. The van der Waals surface area contributed by atoms with Crippen molar-refractivity contribution in [1.82, 2.24) is 5.32 Å². The van der Waals surface area contributed by atoms with Crippen LogP contribution in [-0.2, 0) is 23.7 Å². The molecule has 77 heavy (non-hydrogen) atoms. The van der Waals surface area contributed by atoms with E-state index in [4.69, 9.17) is 18.9 Å². The van der Waals surface area contributed by atoms with Crippen LogP contribution < -0.4 is 5.32 Å². The minimum absolute atomic E-state index is 0.233. The van der Waals surface area contributed by atoms with Crippen LogP contribution in [0.4, 0.5) is 0 Å². The Morgan fingerprint density at radius 3 is 1.38 bits per heavy atom. The van der Waals surface area contributed by atoms with Gasteiger partial charge in [-0.2, -0.15) is 0 Å². The van der Waals surface area contributed by atoms with Gasteiger partial charge in [-0.1, -0.05) is 207 Å². The molecule has 2 heterocycles. The number of hydrogen-bond acceptors (Lipinski definition) is 13. The van der Waals surface area contributed by atoms with Gasteiger partial charge in [0.15, 0.2) is 12.6 Å². The molecule has 14 heteroatoms. The molecule has 0 aromatic carbocycles. The molecule has 9 N–H and O–H groups in total. The molecule has 2 saturated heterocycles. The predicted molar refractivity (Wildman–Crippen MR) is 309 cm³/mol. The number of rotatable bonds is 45. The van der Waals surface area contributed by atoms with Gasteiger partial charge in [-0.3, -0.25) is 4.79 Å². The van der Waals surface area contributed by atoms with Crippen molar-refractivity contribution in [2.24, 2.45) is 0 Å². The summed E-state index contributed by atoms with van der Waals surface area (Å²) in [7, 11) is 0. The molecule has 0 bridgehead atoms. The van der Waals surface area contributed by atoms with Crippen molar-refractivity contribution in [2.75, 3.05) is 19.8 Å². The predicted octanol–water partition coefficient (Wildman–Crippen LogP) is 10.1. The highest BCUT2D eigenvalue weighted by Crippen LogP contribution is 2.30. The van der Waals surface area contributed by atoms with E-state index in [1.54, 1.807) is 0 Å². The molecule has 0 spiro atoms. The van der Waals surface area contributed by atoms with Gasteiger partial charge in [-0.25, -0.2) is 0 Å². The normalized spacial score (nSPS) is 25.5. The number of aliphatic hydroxyl groups is 8. The Bertz CT molecular complexity index is 1700. The molecule has 2 aliphatic rings. The first-order chi connectivity index (χ1) is 37.6. The minimum Gasteiger partial charge on any atom is -0.394 e. The smallest absolute Gasteiger partial charge is 0.220 e. The fourth-order valence-electron chi connectivity index (χ4n) is 8.99. The molecule has 2 rings (SSSR count). The summed E-state index contributed by atoms with van der Waals surface area (Å²) in [5.41, 5.74) is 0. The molecule has 0 saturated carbocycles. The third-order valence-electron chi connectivity index (χ3n) is 13.8. The summed E-state index contributed by atoms with van der Waals surface area (Å²) < 4.78 is 22.7. The zero-order valence-electron chi connectivity index (χ0n) is 47.2. The number of aliphatic hydroxyl groups excluding tert-OH is 8. The molecular formula is C63H105NO13. The molecule has 0 aromatic heterocycles. The summed E-state index contributed by atoms with van der Waals surface area (Å²) in [4.78, 5) is 13.2. The number of carbonyl (C=O) groups excluding carboxylic acids is 1. The van der Waals surface area contributed by atoms with Crippen molar-refractivity contribution >= 4 is 5.91 Å². The van der Waals surface area contributed by atoms with Gasteiger partial charge in [0.25, 0.3) is 0 Å². The standard InChI is InChI=1S/C63H105NO13/c1-3-5-7-9-11-13-15-16-17-18-19-20-21-22-23-24-25-26-27-28-29-30-31-32-33-34-35-36-37-39-41-43-45-47-55(68)64-51(52(67)46-44-42-40-38-14-12-10-8-6-4-2)50-74-62-60(73)58(71)61(54(49-66)76-62)77-63-59(72)57(70)56(69)53(48-65)75-63/h5,7,11,13,16-17,19-20,22-23,25-26,28-29,31-32,34-35,51-54,56-63,65-67,69-73H,3-4,6,8-10,12,14-15,18,21,24,27,30,33,36-50H2,1-2H3,(H,64,68)/b7-5-,13-11-,17-16-,20-19-,23-22-,26-25-,29-28-,32-31-,35-34-. The Balaban J connectivity index is 1.68. The molecule has 12 unspecified atom stereocenters. The van der Waals surface area contributed by atoms with Gasteiger partial charge in [0.1, 0.15) is 48.8 Å². The van der Waals surface area contributed by atoms with Crippen LogP contribution in [0.2, 0.25) is 0 Å². The quantitative estimate of drug-likeness (QED) is 0.0205. The zero-order chi connectivity index (χ0) is 56.0. The third-order valence-corrected chi connectivity index (χ3v) is 13.8. The lowest BCUT2D eigenvalue weighted by Crippen LogP contribution is -2.65. The van der Waals surface area contributed by atoms with Crippen molar-refractivity contribution < 1.29 is 64.6 Å². The highest BCUT2D eigenvalue weighted by atomic mass is 16.7. The van der Waals surface area contributed by atoms with Crippen LogP contribution in [0.1, 0.15) is 187 Å². The van der Waals surface area contributed by atoms with Crippen molar-refractivity contribution in [1.29, 1.82) is 0 Å². The Labute approximate surface area is 464 Å². The van der Waals surface area contributed by atoms with Crippen LogP contribution in [0.25, 0.3) is 0 Å². The van der Waals surface area contributed by atoms with E-state index >= 15 is 0 Å². The van der Waals surface area contributed by atoms with Gasteiger partial charge in [-0.05, 0) is 83.5 Å². The number of amides is 1. The third kappa shape index (κ3) is 33.1. The van der Waals surface area contributed by atoms with E-state index < -0.39 is 86.8 Å². The first kappa shape index (κ1) is 69.8. The highest BCUT2D eigenvalue weighted by molar-refractivity contribution is 5.76. The van der Waals surface area contributed by atoms with Gasteiger partial charge in [0.2, 0.25) is 5.91 Å². The lowest BCUT2D eigenvalue weighted by atomic mass is 9.97. The number of nitrogens with one attached hydrogen (secondary N) is 1. The van der Waals surface area contributed by atoms with E-state index in [-0.39, 0.29) is 18.9 Å². The molecule has 1 amide bonds. The van der Waals surface area contributed by atoms with Gasteiger partial charge in [0.05, 0.1) is 32.0 Å². The SMILES string of the molecule is CC/C=C\C/C=C\C/C=C\C/C=C\C/C=C\C/C=C\C/C=C\C/C=C\C/C=C\CCCCCCCC(=O)NC(COC1OC(CO)C(OC2OC(CO)C(O)C(O)C2O)C(O)C1O)C(O)CCCCCCCCCCCC. The van der Waals surface area contributed by atoms with Crippen molar-refractivity contribution in [3.63, 3.8) is 0 Å². The van der Waals surface area contributed by atoms with Gasteiger partial charge < -0.3 is 65.1 Å². The Kier molecular flexibility index (Phi) is 43.0. The molecular weight excluding hydrogens is 979 g/mol. The van der Waals surface area contributed by atoms with E-state index in [0.717, 1.165) is 116 Å². The van der Waals surface area contributed by atoms with Gasteiger partial charge in [0, 0.05) is 6.42 Å². The lowest BCUT2D eigenvalue weighted by Gasteiger charge is -2.46. The fourth-order valence-corrected chi connectivity index (χ4v) is 8.99. The number of ether oxygens (including phenoxy) is 4. The van der Waals surface area contributed by atoms with Crippen molar-refractivity contribution in [2.45, 2.75) is 261 Å². The van der Waals surface area contributed by atoms with Crippen LogP contribution in [0, 0.1) is 0 Å². The van der Waals surface area contributed by atoms with Gasteiger partial charge in [-0.15, -0.1) is 0 Å². The summed E-state index contributed by atoms with van der Waals surface area (Å²) in [6.45, 7) is 2.68. The maximum atomic E-state index is 13.2. The Hall–Kier alpha value is -3.35. The summed E-state index contributed by atoms with van der Waals surface area (Å²) in [5, 5.41) is 87.0. The minimum atomic E-state index is -1.79. The molecule has 0 aliphatic carbocycles. The second-order valence-electron chi connectivity index (χ2n) is 20.4. The van der Waals surface area contributed by atoms with E-state index in [1.165, 1.54) is 38.5 Å². The molecule has 0 aromatic rings. The van der Waals surface area contributed by atoms with Crippen LogP contribution in [-0.4, -0.2) is 140 Å². The molecule has 440 valence electrons. The monoisotopic (exact) mass is 1080 g/mol. The molecule has 0 radical (unpaired) electrons. The maximum absolute atomic E-state index is 13.2. The number of carbonyl (C=O) groups is 1. The van der Waals surface area contributed by atoms with Crippen LogP contribution in [0.15, 0.2) is 109 Å². The topological polar surface area (TPSA) is 228 Å². The maximum Gasteiger partial charge on any atom is 0.220 e. The van der Waals surface area contributed by atoms with E-state index in [1.807, 2.05) is 0 Å². The van der Waals surface area contributed by atoms with E-state index in [9.17, 15) is 45.6 Å². The highest BCUT2D eigenvalue weighted by Gasteiger charge is 2.51. The van der Waals surface area contributed by atoms with Crippen LogP contribution in [0.3, 0.4) is 0 Å². The Morgan fingerprint density at radius 2 is 0.896 bits per heavy atom. The molecule has 2 fully saturated rings. The number of unbranched alkanes of at least 4 members (excludes halogenated alkanes) is 14. The summed E-state index contributed by atoms with van der Waals surface area (Å²) >= 11 is 0. The molecule has 12 atom stereocenters. The van der Waals surface area contributed by atoms with E-state index in [0.29, 0.717) is 12.8 Å². The zero-order valence-corrected chi connectivity index (χ0v) is 47.2. The average Bonchev–Trinajstić information content (AvgIpc) is 3.45. The summed E-state index contributed by atoms with van der Waals surface area (Å²) in [5.74, 6) is -0.233. The largest absolute Gasteiger partial charge is 0.394 e.